The fourth-order valence-corrected chi connectivity index (χ4v) is 1.71. The van der Waals surface area contributed by atoms with Gasteiger partial charge in [-0.25, -0.2) is 0 Å². The second-order valence-electron chi connectivity index (χ2n) is 8.40. The first-order valence-electron chi connectivity index (χ1n) is 10.7. The van der Waals surface area contributed by atoms with Crippen molar-refractivity contribution in [1.29, 1.82) is 0 Å². The van der Waals surface area contributed by atoms with Crippen LogP contribution in [-0.2, 0) is 19.9 Å². The third-order valence-electron chi connectivity index (χ3n) is 4.38. The van der Waals surface area contributed by atoms with Gasteiger partial charge in [-0.2, -0.15) is 0 Å². The molecular weight excluding hydrogens is 396 g/mol. The van der Waals surface area contributed by atoms with E-state index in [0.717, 1.165) is 48.7 Å². The lowest BCUT2D eigenvalue weighted by Gasteiger charge is -2.27. The van der Waals surface area contributed by atoms with Crippen LogP contribution in [0.15, 0.2) is 0 Å². The maximum Gasteiger partial charge on any atom is 0.182 e. The van der Waals surface area contributed by atoms with Gasteiger partial charge in [-0.1, -0.05) is 39.5 Å². The van der Waals surface area contributed by atoms with Crippen LogP contribution in [0.2, 0.25) is 0 Å². The summed E-state index contributed by atoms with van der Waals surface area (Å²) in [6, 6.07) is 0. The zero-order valence-corrected chi connectivity index (χ0v) is 21.1. The van der Waals surface area contributed by atoms with E-state index in [1.807, 2.05) is 0 Å². The highest BCUT2D eigenvalue weighted by molar-refractivity contribution is 7.79. The van der Waals surface area contributed by atoms with Gasteiger partial charge >= 0.3 is 0 Å². The first kappa shape index (κ1) is 33.4. The average molecular weight is 445 g/mol. The molecule has 0 rings (SSSR count). The molecule has 0 spiro atoms. The van der Waals surface area contributed by atoms with Gasteiger partial charge in [-0.05, 0) is 26.7 Å². The smallest absolute Gasteiger partial charge is 0.182 e. The molecule has 0 heterocycles. The third kappa shape index (κ3) is 38.9. The highest BCUT2D eigenvalue weighted by Gasteiger charge is 2.11. The van der Waals surface area contributed by atoms with Gasteiger partial charge < -0.3 is 27.5 Å². The van der Waals surface area contributed by atoms with E-state index in [1.54, 1.807) is 0 Å². The van der Waals surface area contributed by atoms with Crippen LogP contribution in [0, 0.1) is 0 Å². The van der Waals surface area contributed by atoms with Gasteiger partial charge in [0.15, 0.2) is 13.5 Å². The van der Waals surface area contributed by atoms with Crippen molar-refractivity contribution in [1.82, 2.24) is 0 Å². The Kier molecular flexibility index (Phi) is 22.6. The molecule has 0 aliphatic heterocycles. The van der Waals surface area contributed by atoms with E-state index in [9.17, 15) is 0 Å². The summed E-state index contributed by atoms with van der Waals surface area (Å²) in [5.74, 6) is 0. The number of hydrogen-bond donors (Lipinski definition) is 0. The molecule has 8 nitrogen and oxygen atoms in total. The Hall–Kier alpha value is -0.290. The fraction of sp³-hybridized carbons (Fsp3) is 1.00. The first-order valence-corrected chi connectivity index (χ1v) is 12.0. The molecule has 0 aromatic heterocycles. The van der Waals surface area contributed by atoms with Crippen LogP contribution in [0.3, 0.4) is 0 Å². The molecule has 0 radical (unpaired) electrons. The molecule has 0 saturated carbocycles. The maximum atomic E-state index is 8.52. The predicted octanol–water partition coefficient (Wildman–Crippen LogP) is 3.16. The van der Waals surface area contributed by atoms with Crippen molar-refractivity contribution < 1.29 is 36.0 Å². The maximum absolute atomic E-state index is 8.52. The van der Waals surface area contributed by atoms with Crippen LogP contribution in [0.25, 0.3) is 0 Å². The van der Waals surface area contributed by atoms with Gasteiger partial charge in [0.1, 0.15) is 0 Å². The summed E-state index contributed by atoms with van der Waals surface area (Å²) in [5, 5.41) is 0. The lowest BCUT2D eigenvalue weighted by atomic mass is 10.3. The van der Waals surface area contributed by atoms with E-state index in [1.165, 1.54) is 38.5 Å². The second-order valence-corrected chi connectivity index (χ2v) is 9.22. The quantitative estimate of drug-likeness (QED) is 0.134. The number of hydrogen-bond acceptors (Lipinski definition) is 6. The molecule has 180 valence electrons. The topological polar surface area (TPSA) is 98.7 Å². The molecule has 9 heteroatoms. The molecular formula is C20H48N2O6S. The van der Waals surface area contributed by atoms with Crippen molar-refractivity contribution in [2.75, 3.05) is 68.0 Å². The van der Waals surface area contributed by atoms with Gasteiger partial charge in [0.2, 0.25) is 0 Å². The Balaban J connectivity index is -0.000000380. The molecule has 0 amide bonds. The molecule has 0 aromatic rings. The highest BCUT2D eigenvalue weighted by atomic mass is 32.3. The minimum atomic E-state index is -5.17. The van der Waals surface area contributed by atoms with Crippen LogP contribution in [0.4, 0.5) is 0 Å². The number of quaternary nitrogens is 2. The van der Waals surface area contributed by atoms with Crippen LogP contribution in [-0.4, -0.2) is 94.4 Å². The Morgan fingerprint density at radius 2 is 0.931 bits per heavy atom. The van der Waals surface area contributed by atoms with E-state index < -0.39 is 10.4 Å². The average Bonchev–Trinajstić information content (AvgIpc) is 2.60. The zero-order valence-electron chi connectivity index (χ0n) is 20.2. The van der Waals surface area contributed by atoms with Gasteiger partial charge in [-0.15, -0.1) is 0 Å². The summed E-state index contributed by atoms with van der Waals surface area (Å²) < 4.78 is 47.1. The number of unbranched alkanes of at least 4 members (excludes halogenated alkanes) is 4. The van der Waals surface area contributed by atoms with Crippen molar-refractivity contribution in [2.24, 2.45) is 0 Å². The lowest BCUT2D eigenvalue weighted by molar-refractivity contribution is -0.908. The van der Waals surface area contributed by atoms with Crippen LogP contribution < -0.4 is 0 Å². The van der Waals surface area contributed by atoms with E-state index in [0.29, 0.717) is 0 Å². The Morgan fingerprint density at radius 3 is 1.14 bits per heavy atom. The number of ether oxygens (including phenoxy) is 2. The van der Waals surface area contributed by atoms with E-state index in [-0.39, 0.29) is 0 Å². The minimum absolute atomic E-state index is 0.847. The van der Waals surface area contributed by atoms with Crippen LogP contribution >= 0.6 is 0 Å². The molecule has 0 unspecified atom stereocenters. The van der Waals surface area contributed by atoms with Gasteiger partial charge in [-0.3, -0.25) is 8.42 Å². The monoisotopic (exact) mass is 444 g/mol. The summed E-state index contributed by atoms with van der Waals surface area (Å²) in [6.45, 7) is 14.6. The SMILES string of the molecule is CCCCCOC[N+](C)(C)CC.CCCCCOC[N+](C)(C)CC.O=S(=O)([O-])[O-]. The molecule has 0 aliphatic carbocycles. The van der Waals surface area contributed by atoms with Crippen molar-refractivity contribution in [3.8, 4) is 0 Å². The summed E-state index contributed by atoms with van der Waals surface area (Å²) in [4.78, 5) is 0. The second kappa shape index (κ2) is 19.7. The molecule has 0 aliphatic rings. The summed E-state index contributed by atoms with van der Waals surface area (Å²) in [7, 11) is 3.61. The molecule has 0 N–H and O–H groups in total. The third-order valence-corrected chi connectivity index (χ3v) is 4.38. The van der Waals surface area contributed by atoms with Crippen molar-refractivity contribution in [3.05, 3.63) is 0 Å². The Bertz CT molecular complexity index is 408. The van der Waals surface area contributed by atoms with Crippen molar-refractivity contribution in [2.45, 2.75) is 66.2 Å². The van der Waals surface area contributed by atoms with Gasteiger partial charge in [0.05, 0.1) is 54.5 Å². The van der Waals surface area contributed by atoms with Gasteiger partial charge in [0.25, 0.3) is 0 Å². The molecule has 0 bridgehead atoms. The van der Waals surface area contributed by atoms with Crippen molar-refractivity contribution in [3.63, 3.8) is 0 Å². The highest BCUT2D eigenvalue weighted by Crippen LogP contribution is 2.00. The molecule has 0 saturated heterocycles. The van der Waals surface area contributed by atoms with Crippen molar-refractivity contribution >= 4 is 10.4 Å². The normalized spacial score (nSPS) is 11.9. The molecule has 29 heavy (non-hydrogen) atoms. The predicted molar refractivity (Wildman–Crippen MR) is 116 cm³/mol. The number of nitrogens with zero attached hydrogens (tertiary/aromatic N) is 2. The lowest BCUT2D eigenvalue weighted by Crippen LogP contribution is -2.41. The number of rotatable bonds is 14. The largest absolute Gasteiger partial charge is 0.759 e. The molecule has 0 atom stereocenters. The Morgan fingerprint density at radius 1 is 0.655 bits per heavy atom. The minimum Gasteiger partial charge on any atom is -0.759 e. The fourth-order valence-electron chi connectivity index (χ4n) is 1.71. The standard InChI is InChI=1S/2C10H24NO.H2O4S/c2*1-5-7-8-9-12-10-11(3,4)6-2;1-5(2,3)4/h2*5-10H2,1-4H3;(H2,1,2,3,4)/q2*+1;/p-2. The van der Waals surface area contributed by atoms with E-state index in [2.05, 4.69) is 55.9 Å². The first-order chi connectivity index (χ1) is 13.2. The van der Waals surface area contributed by atoms with Crippen LogP contribution in [0.5, 0.6) is 0 Å². The van der Waals surface area contributed by atoms with Gasteiger partial charge in [0, 0.05) is 10.4 Å². The van der Waals surface area contributed by atoms with E-state index in [4.69, 9.17) is 27.0 Å². The summed E-state index contributed by atoms with van der Waals surface area (Å²) in [5.41, 5.74) is 0. The molecule has 0 aromatic carbocycles. The van der Waals surface area contributed by atoms with Crippen LogP contribution in [0.1, 0.15) is 66.2 Å². The Labute approximate surface area is 180 Å². The molecule has 0 fully saturated rings. The summed E-state index contributed by atoms with van der Waals surface area (Å²) >= 11 is 0. The summed E-state index contributed by atoms with van der Waals surface area (Å²) in [6.07, 6.45) is 7.55. The zero-order chi connectivity index (χ0) is 23.4. The van der Waals surface area contributed by atoms with E-state index >= 15 is 0 Å².